The lowest BCUT2D eigenvalue weighted by atomic mass is 9.96. The number of ether oxygens (including phenoxy) is 2. The van der Waals surface area contributed by atoms with E-state index < -0.39 is 5.60 Å². The van der Waals surface area contributed by atoms with Gasteiger partial charge in [-0.25, -0.2) is 0 Å². The number of rotatable bonds is 5. The average Bonchev–Trinajstić information content (AvgIpc) is 2.70. The van der Waals surface area contributed by atoms with E-state index in [0.717, 1.165) is 17.9 Å². The molecule has 1 aliphatic rings. The molecule has 0 amide bonds. The van der Waals surface area contributed by atoms with Gasteiger partial charge in [0.2, 0.25) is 0 Å². The lowest BCUT2D eigenvalue weighted by Crippen LogP contribution is -2.45. The third-order valence-electron chi connectivity index (χ3n) is 3.88. The summed E-state index contributed by atoms with van der Waals surface area (Å²) in [6.07, 6.45) is 0.598. The molecule has 1 heterocycles. The van der Waals surface area contributed by atoms with Crippen LogP contribution in [-0.4, -0.2) is 37.1 Å². The summed E-state index contributed by atoms with van der Waals surface area (Å²) in [4.78, 5) is 0. The van der Waals surface area contributed by atoms with Crippen molar-refractivity contribution in [2.24, 2.45) is 0 Å². The van der Waals surface area contributed by atoms with E-state index in [-0.39, 0.29) is 6.10 Å². The molecule has 2 N–H and O–H groups in total. The minimum absolute atomic E-state index is 0.0994. The summed E-state index contributed by atoms with van der Waals surface area (Å²) < 4.78 is 10.7. The summed E-state index contributed by atoms with van der Waals surface area (Å²) >= 11 is 0. The number of nitrogens with one attached hydrogen (secondary N) is 1. The van der Waals surface area contributed by atoms with Crippen LogP contribution in [0.2, 0.25) is 0 Å². The fourth-order valence-electron chi connectivity index (χ4n) is 2.48. The van der Waals surface area contributed by atoms with E-state index in [1.807, 2.05) is 26.0 Å². The topological polar surface area (TPSA) is 50.7 Å². The van der Waals surface area contributed by atoms with Crippen LogP contribution in [-0.2, 0) is 11.3 Å². The van der Waals surface area contributed by atoms with Gasteiger partial charge in [-0.15, -0.1) is 0 Å². The third kappa shape index (κ3) is 3.26. The van der Waals surface area contributed by atoms with Crippen LogP contribution in [0.25, 0.3) is 0 Å². The van der Waals surface area contributed by atoms with Crippen molar-refractivity contribution in [3.8, 4) is 5.75 Å². The van der Waals surface area contributed by atoms with E-state index in [1.54, 1.807) is 7.11 Å². The van der Waals surface area contributed by atoms with Gasteiger partial charge in [0, 0.05) is 26.1 Å². The third-order valence-corrected chi connectivity index (χ3v) is 3.88. The first kappa shape index (κ1) is 14.3. The van der Waals surface area contributed by atoms with Crippen LogP contribution >= 0.6 is 0 Å². The quantitative estimate of drug-likeness (QED) is 0.849. The van der Waals surface area contributed by atoms with Crippen LogP contribution in [0.5, 0.6) is 5.75 Å². The summed E-state index contributed by atoms with van der Waals surface area (Å²) in [5, 5.41) is 13.7. The molecular formula is C15H23NO3. The molecule has 2 atom stereocenters. The molecule has 106 valence electrons. The summed E-state index contributed by atoms with van der Waals surface area (Å²) in [6.45, 7) is 5.88. The number of hydrogen-bond acceptors (Lipinski definition) is 4. The van der Waals surface area contributed by atoms with E-state index in [0.29, 0.717) is 19.6 Å². The van der Waals surface area contributed by atoms with Crippen molar-refractivity contribution in [2.45, 2.75) is 38.5 Å². The highest BCUT2D eigenvalue weighted by Gasteiger charge is 2.38. The molecule has 1 saturated heterocycles. The Labute approximate surface area is 114 Å². The Hall–Kier alpha value is -1.10. The molecule has 0 saturated carbocycles. The Morgan fingerprint density at radius 3 is 2.89 bits per heavy atom. The van der Waals surface area contributed by atoms with E-state index in [2.05, 4.69) is 11.4 Å². The van der Waals surface area contributed by atoms with Crippen molar-refractivity contribution < 1.29 is 14.6 Å². The van der Waals surface area contributed by atoms with Gasteiger partial charge in [-0.05, 0) is 31.0 Å². The normalized spacial score (nSPS) is 26.6. The first-order valence-corrected chi connectivity index (χ1v) is 6.73. The molecule has 2 unspecified atom stereocenters. The lowest BCUT2D eigenvalue weighted by Gasteiger charge is -2.26. The second-order valence-corrected chi connectivity index (χ2v) is 5.27. The Morgan fingerprint density at radius 2 is 2.32 bits per heavy atom. The van der Waals surface area contributed by atoms with Gasteiger partial charge in [-0.2, -0.15) is 0 Å². The minimum atomic E-state index is -0.735. The lowest BCUT2D eigenvalue weighted by molar-refractivity contribution is -0.0262. The summed E-state index contributed by atoms with van der Waals surface area (Å²) in [7, 11) is 1.68. The second-order valence-electron chi connectivity index (χ2n) is 5.27. The molecule has 0 aliphatic carbocycles. The number of aryl methyl sites for hydroxylation is 1. The average molecular weight is 265 g/mol. The smallest absolute Gasteiger partial charge is 0.121 e. The second kappa shape index (κ2) is 5.90. The van der Waals surface area contributed by atoms with Gasteiger partial charge in [-0.3, -0.25) is 0 Å². The fraction of sp³-hybridized carbons (Fsp3) is 0.600. The molecule has 0 spiro atoms. The minimum Gasteiger partial charge on any atom is -0.496 e. The zero-order valence-corrected chi connectivity index (χ0v) is 11.9. The predicted molar refractivity (Wildman–Crippen MR) is 74.4 cm³/mol. The van der Waals surface area contributed by atoms with E-state index in [4.69, 9.17) is 9.47 Å². The van der Waals surface area contributed by atoms with Crippen LogP contribution in [0.1, 0.15) is 24.5 Å². The van der Waals surface area contributed by atoms with Gasteiger partial charge in [0.05, 0.1) is 13.2 Å². The van der Waals surface area contributed by atoms with Gasteiger partial charge in [0.15, 0.2) is 0 Å². The molecule has 0 bridgehead atoms. The molecule has 2 rings (SSSR count). The molecule has 0 aromatic heterocycles. The number of methoxy groups -OCH3 is 1. The van der Waals surface area contributed by atoms with E-state index in [9.17, 15) is 5.11 Å². The zero-order chi connectivity index (χ0) is 13.9. The molecular weight excluding hydrogens is 242 g/mol. The Balaban J connectivity index is 1.87. The maximum atomic E-state index is 10.4. The van der Waals surface area contributed by atoms with Crippen molar-refractivity contribution in [2.75, 3.05) is 20.3 Å². The Morgan fingerprint density at radius 1 is 1.53 bits per heavy atom. The summed E-state index contributed by atoms with van der Waals surface area (Å²) in [6, 6.07) is 6.12. The van der Waals surface area contributed by atoms with Crippen molar-refractivity contribution in [3.05, 3.63) is 29.3 Å². The van der Waals surface area contributed by atoms with Crippen molar-refractivity contribution in [1.82, 2.24) is 5.32 Å². The Bertz CT molecular complexity index is 435. The van der Waals surface area contributed by atoms with Crippen LogP contribution in [0.15, 0.2) is 18.2 Å². The number of hydrogen-bond donors (Lipinski definition) is 2. The molecule has 4 nitrogen and oxygen atoms in total. The van der Waals surface area contributed by atoms with Gasteiger partial charge in [-0.1, -0.05) is 12.1 Å². The van der Waals surface area contributed by atoms with Crippen LogP contribution in [0.3, 0.4) is 0 Å². The van der Waals surface area contributed by atoms with Crippen LogP contribution in [0.4, 0.5) is 0 Å². The van der Waals surface area contributed by atoms with Crippen molar-refractivity contribution >= 4 is 0 Å². The van der Waals surface area contributed by atoms with Gasteiger partial charge in [0.25, 0.3) is 0 Å². The highest BCUT2D eigenvalue weighted by atomic mass is 16.5. The molecule has 19 heavy (non-hydrogen) atoms. The Kier molecular flexibility index (Phi) is 4.45. The first-order chi connectivity index (χ1) is 9.05. The van der Waals surface area contributed by atoms with Crippen molar-refractivity contribution in [1.29, 1.82) is 0 Å². The maximum Gasteiger partial charge on any atom is 0.121 e. The van der Waals surface area contributed by atoms with Crippen LogP contribution < -0.4 is 10.1 Å². The highest BCUT2D eigenvalue weighted by molar-refractivity contribution is 5.36. The van der Waals surface area contributed by atoms with Gasteiger partial charge < -0.3 is 19.9 Å². The number of aliphatic hydroxyl groups is 1. The standard InChI is InChI=1S/C15H23NO3/c1-11-8-13(4-5-14(11)18-3)9-16-10-15(17)6-7-19-12(15)2/h4-5,8,12,16-17H,6-7,9-10H2,1-3H3. The van der Waals surface area contributed by atoms with Crippen LogP contribution in [0, 0.1) is 6.92 Å². The molecule has 1 aromatic carbocycles. The van der Waals surface area contributed by atoms with Gasteiger partial charge >= 0.3 is 0 Å². The molecule has 1 aliphatic heterocycles. The largest absolute Gasteiger partial charge is 0.496 e. The molecule has 1 fully saturated rings. The molecule has 0 radical (unpaired) electrons. The molecule has 4 heteroatoms. The van der Waals surface area contributed by atoms with E-state index in [1.165, 1.54) is 5.56 Å². The van der Waals surface area contributed by atoms with E-state index >= 15 is 0 Å². The summed E-state index contributed by atoms with van der Waals surface area (Å²) in [5.74, 6) is 0.903. The van der Waals surface area contributed by atoms with Gasteiger partial charge in [0.1, 0.15) is 11.4 Å². The summed E-state index contributed by atoms with van der Waals surface area (Å²) in [5.41, 5.74) is 1.58. The fourth-order valence-corrected chi connectivity index (χ4v) is 2.48. The number of benzene rings is 1. The predicted octanol–water partition coefficient (Wildman–Crippen LogP) is 1.63. The SMILES string of the molecule is COc1ccc(CNCC2(O)CCOC2C)cc1C. The maximum absolute atomic E-state index is 10.4. The molecule has 1 aromatic rings. The van der Waals surface area contributed by atoms with Crippen molar-refractivity contribution in [3.63, 3.8) is 0 Å². The monoisotopic (exact) mass is 265 g/mol. The highest BCUT2D eigenvalue weighted by Crippen LogP contribution is 2.25. The first-order valence-electron chi connectivity index (χ1n) is 6.73. The zero-order valence-electron chi connectivity index (χ0n) is 11.9.